The summed E-state index contributed by atoms with van der Waals surface area (Å²) in [5.41, 5.74) is 7.96. The van der Waals surface area contributed by atoms with Crippen LogP contribution in [0.25, 0.3) is 10.6 Å². The van der Waals surface area contributed by atoms with Crippen molar-refractivity contribution in [2.75, 3.05) is 13.2 Å². The van der Waals surface area contributed by atoms with E-state index in [1.54, 1.807) is 11.3 Å². The second-order valence-electron chi connectivity index (χ2n) is 6.79. The van der Waals surface area contributed by atoms with Crippen LogP contribution in [-0.4, -0.2) is 41.0 Å². The van der Waals surface area contributed by atoms with Crippen LogP contribution in [0.2, 0.25) is 0 Å². The number of ether oxygens (including phenoxy) is 1. The highest BCUT2D eigenvalue weighted by atomic mass is 32.1. The van der Waals surface area contributed by atoms with Gasteiger partial charge in [-0.1, -0.05) is 0 Å². The minimum atomic E-state index is 0.00843. The first-order valence-corrected chi connectivity index (χ1v) is 10.2. The number of hydrogen-bond acceptors (Lipinski definition) is 5. The van der Waals surface area contributed by atoms with Gasteiger partial charge in [0, 0.05) is 29.6 Å². The van der Waals surface area contributed by atoms with E-state index in [-0.39, 0.29) is 18.0 Å². The van der Waals surface area contributed by atoms with Gasteiger partial charge in [-0.2, -0.15) is 0 Å². The number of aromatic nitrogens is 1. The molecule has 0 bridgehead atoms. The Kier molecular flexibility index (Phi) is 6.27. The minimum Gasteiger partial charge on any atom is -0.494 e. The number of carbonyl (C=O) groups is 1. The van der Waals surface area contributed by atoms with E-state index in [9.17, 15) is 4.79 Å². The molecule has 1 aromatic heterocycles. The van der Waals surface area contributed by atoms with Crippen molar-refractivity contribution >= 4 is 17.2 Å². The van der Waals surface area contributed by atoms with Gasteiger partial charge in [0.05, 0.1) is 18.7 Å². The first-order chi connectivity index (χ1) is 12.6. The van der Waals surface area contributed by atoms with Gasteiger partial charge in [0.2, 0.25) is 5.91 Å². The zero-order chi connectivity index (χ0) is 18.5. The highest BCUT2D eigenvalue weighted by molar-refractivity contribution is 7.13. The van der Waals surface area contributed by atoms with Gasteiger partial charge in [0.25, 0.3) is 0 Å². The van der Waals surface area contributed by atoms with E-state index in [4.69, 9.17) is 10.5 Å². The van der Waals surface area contributed by atoms with Gasteiger partial charge in [0.15, 0.2) is 0 Å². The van der Waals surface area contributed by atoms with Crippen molar-refractivity contribution in [3.63, 3.8) is 0 Å². The third-order valence-electron chi connectivity index (χ3n) is 4.77. The summed E-state index contributed by atoms with van der Waals surface area (Å²) >= 11 is 1.57. The van der Waals surface area contributed by atoms with Gasteiger partial charge in [-0.15, -0.1) is 11.3 Å². The molecule has 0 radical (unpaired) electrons. The van der Waals surface area contributed by atoms with Crippen LogP contribution in [0.15, 0.2) is 29.6 Å². The van der Waals surface area contributed by atoms with Gasteiger partial charge in [-0.25, -0.2) is 4.98 Å². The third kappa shape index (κ3) is 4.43. The Morgan fingerprint density at radius 2 is 2.15 bits per heavy atom. The minimum absolute atomic E-state index is 0.00843. The van der Waals surface area contributed by atoms with Crippen molar-refractivity contribution in [3.8, 4) is 16.3 Å². The van der Waals surface area contributed by atoms with Crippen LogP contribution in [-0.2, 0) is 11.2 Å². The molecule has 26 heavy (non-hydrogen) atoms. The van der Waals surface area contributed by atoms with E-state index >= 15 is 0 Å². The molecular weight excluding hydrogens is 346 g/mol. The smallest absolute Gasteiger partial charge is 0.228 e. The first kappa shape index (κ1) is 18.9. The molecule has 2 heterocycles. The van der Waals surface area contributed by atoms with Gasteiger partial charge in [-0.05, 0) is 57.4 Å². The van der Waals surface area contributed by atoms with Crippen LogP contribution in [0.3, 0.4) is 0 Å². The van der Waals surface area contributed by atoms with E-state index in [0.717, 1.165) is 47.8 Å². The van der Waals surface area contributed by atoms with E-state index in [1.807, 2.05) is 48.4 Å². The topological polar surface area (TPSA) is 68.5 Å². The number of rotatable bonds is 6. The molecule has 140 valence electrons. The van der Waals surface area contributed by atoms with E-state index in [2.05, 4.69) is 4.98 Å². The Morgan fingerprint density at radius 3 is 2.85 bits per heavy atom. The summed E-state index contributed by atoms with van der Waals surface area (Å²) in [7, 11) is 0. The second-order valence-corrected chi connectivity index (χ2v) is 7.65. The summed E-state index contributed by atoms with van der Waals surface area (Å²) in [4.78, 5) is 19.4. The summed E-state index contributed by atoms with van der Waals surface area (Å²) in [5.74, 6) is 0.991. The maximum atomic E-state index is 12.8. The molecule has 5 nitrogen and oxygen atoms in total. The number of piperidine rings is 1. The number of benzene rings is 1. The molecule has 2 unspecified atom stereocenters. The maximum Gasteiger partial charge on any atom is 0.228 e. The fourth-order valence-corrected chi connectivity index (χ4v) is 4.28. The highest BCUT2D eigenvalue weighted by Gasteiger charge is 2.29. The van der Waals surface area contributed by atoms with Crippen molar-refractivity contribution in [3.05, 3.63) is 35.3 Å². The Balaban J connectivity index is 1.66. The standard InChI is InChI=1S/C20H27N3O2S/c1-3-25-17-9-7-15(8-10-17)20-22-16(13-26-20)12-19(24)23-11-5-4-6-18(23)14(2)21/h7-10,13-14,18H,3-6,11-12,21H2,1-2H3. The van der Waals surface area contributed by atoms with Crippen LogP contribution >= 0.6 is 11.3 Å². The van der Waals surface area contributed by atoms with E-state index < -0.39 is 0 Å². The fraction of sp³-hybridized carbons (Fsp3) is 0.500. The normalized spacial score (nSPS) is 18.6. The van der Waals surface area contributed by atoms with Crippen LogP contribution < -0.4 is 10.5 Å². The Morgan fingerprint density at radius 1 is 1.38 bits per heavy atom. The summed E-state index contributed by atoms with van der Waals surface area (Å²) in [5, 5.41) is 2.91. The summed E-state index contributed by atoms with van der Waals surface area (Å²) in [6.07, 6.45) is 3.55. The Bertz CT molecular complexity index is 727. The molecule has 1 saturated heterocycles. The number of nitrogens with zero attached hydrogens (tertiary/aromatic N) is 2. The lowest BCUT2D eigenvalue weighted by Gasteiger charge is -2.38. The summed E-state index contributed by atoms with van der Waals surface area (Å²) in [6, 6.07) is 8.07. The molecule has 1 amide bonds. The van der Waals surface area contributed by atoms with Crippen LogP contribution in [0.4, 0.5) is 0 Å². The van der Waals surface area contributed by atoms with Gasteiger partial charge < -0.3 is 15.4 Å². The van der Waals surface area contributed by atoms with Gasteiger partial charge >= 0.3 is 0 Å². The number of carbonyl (C=O) groups excluding carboxylic acids is 1. The predicted octanol–water partition coefficient (Wildman–Crippen LogP) is 3.48. The van der Waals surface area contributed by atoms with E-state index in [0.29, 0.717) is 13.0 Å². The Labute approximate surface area is 159 Å². The molecule has 0 aliphatic carbocycles. The second kappa shape index (κ2) is 8.64. The lowest BCUT2D eigenvalue weighted by molar-refractivity contribution is -0.134. The average molecular weight is 374 g/mol. The molecule has 2 aromatic rings. The van der Waals surface area contributed by atoms with Crippen molar-refractivity contribution < 1.29 is 9.53 Å². The van der Waals surface area contributed by atoms with Crippen molar-refractivity contribution in [1.29, 1.82) is 0 Å². The molecule has 1 fully saturated rings. The summed E-state index contributed by atoms with van der Waals surface area (Å²) < 4.78 is 5.47. The van der Waals surface area contributed by atoms with Crippen LogP contribution in [0, 0.1) is 0 Å². The van der Waals surface area contributed by atoms with Crippen molar-refractivity contribution in [2.45, 2.75) is 51.6 Å². The summed E-state index contributed by atoms with van der Waals surface area (Å²) in [6.45, 7) is 5.42. The quantitative estimate of drug-likeness (QED) is 0.842. The van der Waals surface area contributed by atoms with Crippen molar-refractivity contribution in [2.24, 2.45) is 5.73 Å². The molecule has 2 N–H and O–H groups in total. The fourth-order valence-electron chi connectivity index (χ4n) is 3.45. The molecule has 6 heteroatoms. The first-order valence-electron chi connectivity index (χ1n) is 9.31. The molecule has 1 aliphatic heterocycles. The van der Waals surface area contributed by atoms with Gasteiger partial charge in [-0.3, -0.25) is 4.79 Å². The molecule has 0 saturated carbocycles. The number of amides is 1. The maximum absolute atomic E-state index is 12.8. The monoisotopic (exact) mass is 373 g/mol. The van der Waals surface area contributed by atoms with Crippen LogP contribution in [0.5, 0.6) is 5.75 Å². The molecule has 1 aliphatic rings. The average Bonchev–Trinajstić information content (AvgIpc) is 3.11. The number of nitrogens with two attached hydrogens (primary N) is 1. The SMILES string of the molecule is CCOc1ccc(-c2nc(CC(=O)N3CCCCC3C(C)N)cs2)cc1. The number of hydrogen-bond donors (Lipinski definition) is 1. The highest BCUT2D eigenvalue weighted by Crippen LogP contribution is 2.27. The third-order valence-corrected chi connectivity index (χ3v) is 5.71. The number of likely N-dealkylation sites (tertiary alicyclic amines) is 1. The zero-order valence-electron chi connectivity index (χ0n) is 15.5. The van der Waals surface area contributed by atoms with Crippen molar-refractivity contribution in [1.82, 2.24) is 9.88 Å². The molecule has 2 atom stereocenters. The number of thiazole rings is 1. The Hall–Kier alpha value is -1.92. The predicted molar refractivity (Wildman–Crippen MR) is 105 cm³/mol. The molecule has 1 aromatic carbocycles. The lowest BCUT2D eigenvalue weighted by atomic mass is 9.96. The lowest BCUT2D eigenvalue weighted by Crippen LogP contribution is -2.52. The molecule has 0 spiro atoms. The van der Waals surface area contributed by atoms with Gasteiger partial charge in [0.1, 0.15) is 10.8 Å². The largest absolute Gasteiger partial charge is 0.494 e. The van der Waals surface area contributed by atoms with E-state index in [1.165, 1.54) is 0 Å². The zero-order valence-corrected chi connectivity index (χ0v) is 16.3. The molecular formula is C20H27N3O2S. The molecule has 3 rings (SSSR count). The van der Waals surface area contributed by atoms with Crippen LogP contribution in [0.1, 0.15) is 38.8 Å².